The minimum absolute atomic E-state index is 0.190. The minimum atomic E-state index is -0.444. The Morgan fingerprint density at radius 3 is 2.25 bits per heavy atom. The smallest absolute Gasteiger partial charge is 0.309 e. The summed E-state index contributed by atoms with van der Waals surface area (Å²) in [7, 11) is 3.63. The third-order valence-corrected chi connectivity index (χ3v) is 5.12. The molecule has 0 bridgehead atoms. The van der Waals surface area contributed by atoms with Crippen molar-refractivity contribution in [1.82, 2.24) is 0 Å². The second kappa shape index (κ2) is 9.72. The van der Waals surface area contributed by atoms with Gasteiger partial charge in [0.1, 0.15) is 12.0 Å². The van der Waals surface area contributed by atoms with Crippen LogP contribution in [0.15, 0.2) is 16.6 Å². The molecule has 0 saturated heterocycles. The Kier molecular flexibility index (Phi) is 8.65. The van der Waals surface area contributed by atoms with E-state index >= 15 is 0 Å². The summed E-state index contributed by atoms with van der Waals surface area (Å²) in [4.78, 5) is 11.5. The lowest BCUT2D eigenvalue weighted by Crippen LogP contribution is -2.40. The summed E-state index contributed by atoms with van der Waals surface area (Å²) < 4.78 is 22.8. The molecule has 0 atom stereocenters. The predicted octanol–water partition coefficient (Wildman–Crippen LogP) is 3.14. The molecule has 0 unspecified atom stereocenters. The van der Waals surface area contributed by atoms with E-state index in [1.165, 1.54) is 7.11 Å². The molecule has 0 aromatic heterocycles. The van der Waals surface area contributed by atoms with Crippen molar-refractivity contribution in [1.29, 1.82) is 0 Å². The second-order valence-electron chi connectivity index (χ2n) is 5.61. The Morgan fingerprint density at radius 1 is 1.21 bits per heavy atom. The number of ether oxygens (including phenoxy) is 2. The number of benzene rings is 1. The highest BCUT2D eigenvalue weighted by molar-refractivity contribution is 9.10. The molecule has 1 aromatic carbocycles. The van der Waals surface area contributed by atoms with E-state index in [-0.39, 0.29) is 18.7 Å². The fourth-order valence-electron chi connectivity index (χ4n) is 2.41. The molecule has 5 nitrogen and oxygen atoms in total. The molecule has 0 aliphatic carbocycles. The molecule has 0 saturated carbocycles. The summed E-state index contributed by atoms with van der Waals surface area (Å²) in [5.41, 5.74) is 1.32. The Morgan fingerprint density at radius 2 is 1.79 bits per heavy atom. The molecule has 0 amide bonds. The first-order chi connectivity index (χ1) is 11.3. The van der Waals surface area contributed by atoms with Crippen LogP contribution >= 0.6 is 15.9 Å². The number of carbonyl (C=O) groups excluding carboxylic acids is 1. The lowest BCUT2D eigenvalue weighted by atomic mass is 9.82. The number of esters is 1. The third-order valence-electron chi connectivity index (χ3n) is 3.59. The van der Waals surface area contributed by atoms with Crippen LogP contribution in [0.3, 0.4) is 0 Å². The van der Waals surface area contributed by atoms with Crippen molar-refractivity contribution < 1.29 is 23.1 Å². The Labute approximate surface area is 157 Å². The third kappa shape index (κ3) is 5.16. The van der Waals surface area contributed by atoms with E-state index in [0.29, 0.717) is 25.3 Å². The van der Waals surface area contributed by atoms with Crippen LogP contribution in [0, 0.1) is 0 Å². The molecular weight excluding hydrogens is 408 g/mol. The standard InChI is InChI=1S/C16H23BrO5Si2/c1-16(2,15(21-23-5)22-24-6)14-11(17)7-10(8-12(14)19-3)9-13(18)20-4/h7-8,15H,9H2,1-6H3. The minimum Gasteiger partial charge on any atom is -0.496 e. The van der Waals surface area contributed by atoms with E-state index in [9.17, 15) is 4.79 Å². The molecule has 4 radical (unpaired) electrons. The average molecular weight is 431 g/mol. The summed E-state index contributed by atoms with van der Waals surface area (Å²) in [6, 6.07) is 3.77. The van der Waals surface area contributed by atoms with E-state index in [2.05, 4.69) is 29.8 Å². The van der Waals surface area contributed by atoms with Gasteiger partial charge >= 0.3 is 5.97 Å². The van der Waals surface area contributed by atoms with Gasteiger partial charge in [0, 0.05) is 15.5 Å². The molecule has 24 heavy (non-hydrogen) atoms. The largest absolute Gasteiger partial charge is 0.496 e. The normalized spacial score (nSPS) is 11.7. The summed E-state index contributed by atoms with van der Waals surface area (Å²) >= 11 is 3.62. The number of rotatable bonds is 9. The average Bonchev–Trinajstić information content (AvgIpc) is 2.53. The van der Waals surface area contributed by atoms with Crippen LogP contribution < -0.4 is 4.74 Å². The predicted molar refractivity (Wildman–Crippen MR) is 98.6 cm³/mol. The van der Waals surface area contributed by atoms with Gasteiger partial charge in [-0.05, 0) is 30.8 Å². The van der Waals surface area contributed by atoms with Crippen molar-refractivity contribution in [3.63, 3.8) is 0 Å². The number of hydrogen-bond donors (Lipinski definition) is 0. The van der Waals surface area contributed by atoms with Crippen LogP contribution in [0.5, 0.6) is 5.75 Å². The SMILES string of the molecule is COC(=O)Cc1cc(Br)c(C(C)(C)C(O[Si]C)O[Si]C)c(OC)c1. The lowest BCUT2D eigenvalue weighted by Gasteiger charge is -2.36. The fourth-order valence-corrected chi connectivity index (χ4v) is 4.62. The maximum absolute atomic E-state index is 11.5. The van der Waals surface area contributed by atoms with E-state index in [0.717, 1.165) is 15.6 Å². The fraction of sp³-hybridized carbons (Fsp3) is 0.562. The number of halogens is 1. The number of hydrogen-bond acceptors (Lipinski definition) is 5. The van der Waals surface area contributed by atoms with Gasteiger partial charge < -0.3 is 18.3 Å². The van der Waals surface area contributed by atoms with Gasteiger partial charge in [-0.3, -0.25) is 4.79 Å². The van der Waals surface area contributed by atoms with Gasteiger partial charge in [-0.15, -0.1) is 0 Å². The quantitative estimate of drug-likeness (QED) is 0.342. The molecule has 0 N–H and O–H groups in total. The van der Waals surface area contributed by atoms with Crippen molar-refractivity contribution in [3.05, 3.63) is 27.7 Å². The van der Waals surface area contributed by atoms with Gasteiger partial charge in [-0.1, -0.05) is 29.8 Å². The van der Waals surface area contributed by atoms with Crippen LogP contribution in [-0.2, 0) is 30.2 Å². The zero-order chi connectivity index (χ0) is 18.3. The zero-order valence-corrected chi connectivity index (χ0v) is 18.4. The van der Waals surface area contributed by atoms with Gasteiger partial charge in [0.15, 0.2) is 0 Å². The molecule has 8 heteroatoms. The molecule has 0 aliphatic heterocycles. The Hall–Kier alpha value is -0.676. The first-order valence-corrected chi connectivity index (χ1v) is 11.0. The van der Waals surface area contributed by atoms with Crippen LogP contribution in [0.1, 0.15) is 25.0 Å². The zero-order valence-electron chi connectivity index (χ0n) is 14.9. The maximum Gasteiger partial charge on any atom is 0.309 e. The lowest BCUT2D eigenvalue weighted by molar-refractivity contribution is -0.139. The van der Waals surface area contributed by atoms with E-state index in [1.807, 2.05) is 25.2 Å². The molecular formula is C16H23BrO5Si2. The summed E-state index contributed by atoms with van der Waals surface area (Å²) in [6.07, 6.45) is -0.198. The Balaban J connectivity index is 3.32. The van der Waals surface area contributed by atoms with Crippen LogP contribution in [0.2, 0.25) is 13.1 Å². The molecule has 132 valence electrons. The monoisotopic (exact) mass is 430 g/mol. The molecule has 0 fully saturated rings. The van der Waals surface area contributed by atoms with E-state index < -0.39 is 5.41 Å². The van der Waals surface area contributed by atoms with Crippen molar-refractivity contribution in [2.75, 3.05) is 14.2 Å². The van der Waals surface area contributed by atoms with Gasteiger partial charge in [0.2, 0.25) is 19.5 Å². The van der Waals surface area contributed by atoms with Crippen molar-refractivity contribution in [3.8, 4) is 5.75 Å². The van der Waals surface area contributed by atoms with Crippen LogP contribution in [0.25, 0.3) is 0 Å². The highest BCUT2D eigenvalue weighted by Crippen LogP contribution is 2.41. The highest BCUT2D eigenvalue weighted by Gasteiger charge is 2.37. The first-order valence-electron chi connectivity index (χ1n) is 7.40. The van der Waals surface area contributed by atoms with E-state index in [1.54, 1.807) is 7.11 Å². The maximum atomic E-state index is 11.5. The van der Waals surface area contributed by atoms with Crippen molar-refractivity contribution in [2.24, 2.45) is 0 Å². The molecule has 0 heterocycles. The van der Waals surface area contributed by atoms with Crippen molar-refractivity contribution in [2.45, 2.75) is 45.1 Å². The number of methoxy groups -OCH3 is 2. The molecule has 1 aromatic rings. The summed E-state index contributed by atoms with van der Waals surface area (Å²) in [6.45, 7) is 8.05. The molecule has 0 aliphatic rings. The van der Waals surface area contributed by atoms with Gasteiger partial charge in [0.05, 0.1) is 20.6 Å². The van der Waals surface area contributed by atoms with Crippen LogP contribution in [0.4, 0.5) is 0 Å². The molecule has 0 spiro atoms. The van der Waals surface area contributed by atoms with Crippen LogP contribution in [-0.4, -0.2) is 46.0 Å². The van der Waals surface area contributed by atoms with E-state index in [4.69, 9.17) is 18.3 Å². The second-order valence-corrected chi connectivity index (χ2v) is 7.75. The van der Waals surface area contributed by atoms with Gasteiger partial charge in [-0.2, -0.15) is 0 Å². The van der Waals surface area contributed by atoms with Gasteiger partial charge in [0.25, 0.3) is 0 Å². The summed E-state index contributed by atoms with van der Waals surface area (Å²) in [5, 5.41) is 0. The van der Waals surface area contributed by atoms with Crippen molar-refractivity contribution >= 4 is 41.4 Å². The highest BCUT2D eigenvalue weighted by atomic mass is 79.9. The number of carbonyl (C=O) groups is 1. The summed E-state index contributed by atoms with van der Waals surface area (Å²) in [5.74, 6) is 0.393. The topological polar surface area (TPSA) is 54.0 Å². The first kappa shape index (κ1) is 21.4. The molecule has 1 rings (SSSR count). The van der Waals surface area contributed by atoms with Gasteiger partial charge in [-0.25, -0.2) is 0 Å². The Bertz CT molecular complexity index is 560.